The summed E-state index contributed by atoms with van der Waals surface area (Å²) in [5, 5.41) is 10.6. The number of nitrogens with one attached hydrogen (secondary N) is 2. The maximum Gasteiger partial charge on any atom is 0.270 e. The molecule has 1 aliphatic heterocycles. The van der Waals surface area contributed by atoms with Gasteiger partial charge < -0.3 is 46.9 Å². The highest BCUT2D eigenvalue weighted by atomic mass is 16.5. The molecular formula is C36H46N10O6. The van der Waals surface area contributed by atoms with Gasteiger partial charge in [-0.3, -0.25) is 29.0 Å². The van der Waals surface area contributed by atoms with Gasteiger partial charge in [0.05, 0.1) is 50.6 Å². The fourth-order valence-corrected chi connectivity index (χ4v) is 5.41. The number of hydrogen-bond donors (Lipinski definition) is 5. The van der Waals surface area contributed by atoms with E-state index in [0.29, 0.717) is 67.1 Å². The number of primary amides is 2. The summed E-state index contributed by atoms with van der Waals surface area (Å²) < 4.78 is 18.6. The zero-order valence-corrected chi connectivity index (χ0v) is 29.7. The van der Waals surface area contributed by atoms with Crippen LogP contribution in [0.4, 0.5) is 22.7 Å². The summed E-state index contributed by atoms with van der Waals surface area (Å²) in [4.78, 5) is 45.3. The van der Waals surface area contributed by atoms with E-state index in [1.165, 1.54) is 31.4 Å². The number of aryl methyl sites for hydroxylation is 2. The van der Waals surface area contributed by atoms with Gasteiger partial charge in [0, 0.05) is 43.9 Å². The topological polar surface area (TPSA) is 218 Å². The third kappa shape index (κ3) is 10.2. The van der Waals surface area contributed by atoms with E-state index in [-0.39, 0.29) is 42.5 Å². The molecule has 16 nitrogen and oxygen atoms in total. The van der Waals surface area contributed by atoms with Crippen molar-refractivity contribution in [3.05, 3.63) is 65.0 Å². The Morgan fingerprint density at radius 3 is 2.46 bits per heavy atom. The van der Waals surface area contributed by atoms with Crippen molar-refractivity contribution in [2.45, 2.75) is 20.4 Å². The molecule has 0 aliphatic carbocycles. The molecule has 0 radical (unpaired) electrons. The number of nitrogen functional groups attached to an aromatic ring is 1. The van der Waals surface area contributed by atoms with Crippen molar-refractivity contribution in [2.75, 3.05) is 82.3 Å². The molecule has 1 saturated heterocycles. The van der Waals surface area contributed by atoms with Gasteiger partial charge in [0.25, 0.3) is 5.91 Å². The lowest BCUT2D eigenvalue weighted by Gasteiger charge is -2.27. The average molecular weight is 715 g/mol. The van der Waals surface area contributed by atoms with Crippen molar-refractivity contribution < 1.29 is 28.6 Å². The number of aromatic nitrogens is 2. The molecule has 3 amide bonds. The molecule has 0 unspecified atom stereocenters. The zero-order valence-electron chi connectivity index (χ0n) is 29.7. The molecular weight excluding hydrogens is 668 g/mol. The molecule has 276 valence electrons. The van der Waals surface area contributed by atoms with Crippen molar-refractivity contribution in [1.29, 1.82) is 0 Å². The van der Waals surface area contributed by atoms with E-state index in [9.17, 15) is 14.4 Å². The summed E-state index contributed by atoms with van der Waals surface area (Å²) in [7, 11) is 1.46. The van der Waals surface area contributed by atoms with Gasteiger partial charge in [-0.25, -0.2) is 0 Å². The van der Waals surface area contributed by atoms with Crippen molar-refractivity contribution in [3.63, 3.8) is 0 Å². The average Bonchev–Trinajstić information content (AvgIpc) is 3.53. The lowest BCUT2D eigenvalue weighted by molar-refractivity contribution is 0.0443. The summed E-state index contributed by atoms with van der Waals surface area (Å²) in [6.07, 6.45) is 3.71. The SMILES string of the molecule is C=Nc1cc(C(N)=O)cc(OC)c1N(C/C=C/CNc1c(N)cc(C(N)=O)cc1OCC#CCN1CCOCC1)CNC(=O)c1cc(C)nn1CC. The molecule has 2 aromatic carbocycles. The fraction of sp³-hybridized carbons (Fsp3) is 0.361. The minimum Gasteiger partial charge on any atom is -0.494 e. The van der Waals surface area contributed by atoms with Crippen LogP contribution in [0.25, 0.3) is 0 Å². The Morgan fingerprint density at radius 1 is 1.08 bits per heavy atom. The number of nitrogens with two attached hydrogens (primary N) is 3. The number of nitrogens with zero attached hydrogens (tertiary/aromatic N) is 5. The van der Waals surface area contributed by atoms with Gasteiger partial charge in [-0.2, -0.15) is 5.10 Å². The molecule has 8 N–H and O–H groups in total. The predicted octanol–water partition coefficient (Wildman–Crippen LogP) is 1.91. The lowest BCUT2D eigenvalue weighted by atomic mass is 10.1. The summed E-state index contributed by atoms with van der Waals surface area (Å²) >= 11 is 0. The van der Waals surface area contributed by atoms with Gasteiger partial charge in [-0.1, -0.05) is 24.0 Å². The van der Waals surface area contributed by atoms with E-state index in [2.05, 4.69) is 44.2 Å². The predicted molar refractivity (Wildman–Crippen MR) is 201 cm³/mol. The molecule has 0 saturated carbocycles. The molecule has 0 spiro atoms. The van der Waals surface area contributed by atoms with Crippen LogP contribution in [-0.4, -0.2) is 105 Å². The largest absolute Gasteiger partial charge is 0.494 e. The van der Waals surface area contributed by atoms with Crippen LogP contribution < -0.4 is 42.2 Å². The Hall–Kier alpha value is -6.05. The molecule has 0 bridgehead atoms. The van der Waals surface area contributed by atoms with Crippen molar-refractivity contribution in [3.8, 4) is 23.3 Å². The fourth-order valence-electron chi connectivity index (χ4n) is 5.41. The van der Waals surface area contributed by atoms with E-state index >= 15 is 0 Å². The third-order valence-electron chi connectivity index (χ3n) is 8.05. The van der Waals surface area contributed by atoms with Gasteiger partial charge in [0.1, 0.15) is 35.2 Å². The normalized spacial score (nSPS) is 12.8. The van der Waals surface area contributed by atoms with Gasteiger partial charge >= 0.3 is 0 Å². The monoisotopic (exact) mass is 714 g/mol. The Kier molecular flexibility index (Phi) is 14.0. The number of carbonyl (C=O) groups excluding carboxylic acids is 3. The van der Waals surface area contributed by atoms with E-state index in [1.54, 1.807) is 10.7 Å². The van der Waals surface area contributed by atoms with Crippen LogP contribution in [0.1, 0.15) is 43.8 Å². The summed E-state index contributed by atoms with van der Waals surface area (Å²) in [5.74, 6) is 5.12. The highest BCUT2D eigenvalue weighted by Crippen LogP contribution is 2.39. The van der Waals surface area contributed by atoms with E-state index in [1.807, 2.05) is 30.9 Å². The minimum atomic E-state index is -0.657. The number of carbonyl (C=O) groups is 3. The number of anilines is 3. The van der Waals surface area contributed by atoms with Crippen LogP contribution in [0, 0.1) is 18.8 Å². The maximum absolute atomic E-state index is 13.3. The van der Waals surface area contributed by atoms with Crippen molar-refractivity contribution in [1.82, 2.24) is 20.0 Å². The number of rotatable bonds is 17. The summed E-state index contributed by atoms with van der Waals surface area (Å²) in [6.45, 7) is 12.2. The Balaban J connectivity index is 1.51. The first-order valence-electron chi connectivity index (χ1n) is 16.6. The Morgan fingerprint density at radius 2 is 1.79 bits per heavy atom. The van der Waals surface area contributed by atoms with Crippen molar-refractivity contribution >= 4 is 47.2 Å². The van der Waals surface area contributed by atoms with Crippen LogP contribution in [0.2, 0.25) is 0 Å². The van der Waals surface area contributed by atoms with E-state index in [0.717, 1.165) is 18.8 Å². The molecule has 16 heteroatoms. The van der Waals surface area contributed by atoms with Gasteiger partial charge in [0.15, 0.2) is 0 Å². The van der Waals surface area contributed by atoms with Crippen LogP contribution in [0.3, 0.4) is 0 Å². The second kappa shape index (κ2) is 18.8. The second-order valence-corrected chi connectivity index (χ2v) is 11.6. The standard InChI is InChI=1S/C36H46N10O6/c1-5-46-29(18-24(2)43-46)36(49)42-23-45(33-28(40-3)20-26(35(39)48)22-31(33)50-4)12-7-6-10-41-32-27(37)19-25(34(38)47)21-30(32)52-15-9-8-11-44-13-16-51-17-14-44/h6-7,18-22,41H,3,5,10-17,23,37H2,1-2,4H3,(H2,38,47)(H2,39,48)(H,42,49)/b7-6+. The molecule has 1 aliphatic rings. The van der Waals surface area contributed by atoms with E-state index in [4.69, 9.17) is 31.4 Å². The number of amides is 3. The first kappa shape index (κ1) is 38.7. The Labute approximate surface area is 302 Å². The van der Waals surface area contributed by atoms with Crippen LogP contribution in [0.5, 0.6) is 11.5 Å². The van der Waals surface area contributed by atoms with Gasteiger partial charge in [-0.05, 0) is 50.9 Å². The lowest BCUT2D eigenvalue weighted by Crippen LogP contribution is -2.39. The first-order chi connectivity index (χ1) is 25.1. The van der Waals surface area contributed by atoms with Crippen LogP contribution >= 0.6 is 0 Å². The Bertz CT molecular complexity index is 1860. The number of morpholine rings is 1. The highest BCUT2D eigenvalue weighted by Gasteiger charge is 2.21. The van der Waals surface area contributed by atoms with Gasteiger partial charge in [-0.15, -0.1) is 0 Å². The third-order valence-corrected chi connectivity index (χ3v) is 8.05. The van der Waals surface area contributed by atoms with Crippen LogP contribution in [-0.2, 0) is 11.3 Å². The number of methoxy groups -OCH3 is 1. The zero-order chi connectivity index (χ0) is 37.6. The molecule has 3 aromatic rings. The van der Waals surface area contributed by atoms with Crippen molar-refractivity contribution in [2.24, 2.45) is 16.5 Å². The molecule has 4 rings (SSSR count). The number of aliphatic imine (C=N–C) groups is 1. The quantitative estimate of drug-likeness (QED) is 0.0447. The number of benzene rings is 2. The summed E-state index contributed by atoms with van der Waals surface area (Å²) in [5.41, 5.74) is 20.5. The number of hydrogen-bond acceptors (Lipinski definition) is 12. The summed E-state index contributed by atoms with van der Waals surface area (Å²) in [6, 6.07) is 7.74. The highest BCUT2D eigenvalue weighted by molar-refractivity contribution is 5.97. The molecule has 2 heterocycles. The smallest absolute Gasteiger partial charge is 0.270 e. The molecule has 52 heavy (non-hydrogen) atoms. The molecule has 1 aromatic heterocycles. The second-order valence-electron chi connectivity index (χ2n) is 11.6. The minimum absolute atomic E-state index is 0.0332. The van der Waals surface area contributed by atoms with E-state index < -0.39 is 11.8 Å². The van der Waals surface area contributed by atoms with Gasteiger partial charge in [0.2, 0.25) is 11.8 Å². The molecule has 1 fully saturated rings. The molecule has 0 atom stereocenters. The van der Waals surface area contributed by atoms with Crippen LogP contribution in [0.15, 0.2) is 47.5 Å². The maximum atomic E-state index is 13.3. The first-order valence-corrected chi connectivity index (χ1v) is 16.6. The number of ether oxygens (including phenoxy) is 3.